The highest BCUT2D eigenvalue weighted by atomic mass is 79.9. The smallest absolute Gasteiger partial charge is 0.102 e. The topological polar surface area (TPSA) is 6.48 Å². The summed E-state index contributed by atoms with van der Waals surface area (Å²) in [7, 11) is 0. The molecule has 0 aromatic carbocycles. The number of hydrogen-bond acceptors (Lipinski definition) is 2. The highest BCUT2D eigenvalue weighted by Gasteiger charge is 2.06. The van der Waals surface area contributed by atoms with Crippen molar-refractivity contribution in [3.05, 3.63) is 12.4 Å². The summed E-state index contributed by atoms with van der Waals surface area (Å²) >= 11 is 0. The van der Waals surface area contributed by atoms with Gasteiger partial charge in [0, 0.05) is 25.0 Å². The van der Waals surface area contributed by atoms with E-state index >= 15 is 0 Å². The standard InChI is InChI=1S/C8H12N2.BrH/c1-3-5-10-7-6-9(4-2)8-10;/h6-7H,4,8H2,1-2H3;1H. The van der Waals surface area contributed by atoms with Crippen LogP contribution < -0.4 is 0 Å². The maximum Gasteiger partial charge on any atom is 0.102 e. The average Bonchev–Trinajstić information content (AvgIpc) is 2.37. The first kappa shape index (κ1) is 10.4. The monoisotopic (exact) mass is 216 g/mol. The van der Waals surface area contributed by atoms with Crippen LogP contribution in [0.25, 0.3) is 0 Å². The van der Waals surface area contributed by atoms with Crippen molar-refractivity contribution >= 4 is 17.0 Å². The molecule has 1 aliphatic heterocycles. The number of nitrogens with zero attached hydrogens (tertiary/aromatic N) is 2. The van der Waals surface area contributed by atoms with Crippen molar-refractivity contribution in [1.82, 2.24) is 9.80 Å². The summed E-state index contributed by atoms with van der Waals surface area (Å²) in [4.78, 5) is 4.17. The number of rotatable bonds is 1. The molecule has 0 unspecified atom stereocenters. The SMILES string of the molecule is Br.CC#CN1C=CN(CC)C1. The van der Waals surface area contributed by atoms with Crippen LogP contribution >= 0.6 is 17.0 Å². The molecule has 0 aromatic rings. The molecule has 62 valence electrons. The van der Waals surface area contributed by atoms with Crippen molar-refractivity contribution in [2.45, 2.75) is 13.8 Å². The van der Waals surface area contributed by atoms with E-state index in [1.54, 1.807) is 0 Å². The van der Waals surface area contributed by atoms with Crippen LogP contribution in [-0.2, 0) is 0 Å². The van der Waals surface area contributed by atoms with E-state index < -0.39 is 0 Å². The van der Waals surface area contributed by atoms with Gasteiger partial charge in [-0.1, -0.05) is 5.92 Å². The summed E-state index contributed by atoms with van der Waals surface area (Å²) in [5, 5.41) is 0. The zero-order valence-electron chi connectivity index (χ0n) is 6.87. The van der Waals surface area contributed by atoms with Crippen molar-refractivity contribution in [2.24, 2.45) is 0 Å². The van der Waals surface area contributed by atoms with Crippen molar-refractivity contribution in [1.29, 1.82) is 0 Å². The van der Waals surface area contributed by atoms with Crippen LogP contribution in [0.4, 0.5) is 0 Å². The van der Waals surface area contributed by atoms with E-state index in [4.69, 9.17) is 0 Å². The molecule has 0 radical (unpaired) electrons. The van der Waals surface area contributed by atoms with Gasteiger partial charge in [0.25, 0.3) is 0 Å². The van der Waals surface area contributed by atoms with Crippen molar-refractivity contribution in [2.75, 3.05) is 13.2 Å². The second-order valence-corrected chi connectivity index (χ2v) is 2.18. The van der Waals surface area contributed by atoms with Crippen LogP contribution in [0.15, 0.2) is 12.4 Å². The summed E-state index contributed by atoms with van der Waals surface area (Å²) in [6, 6.07) is 2.96. The lowest BCUT2D eigenvalue weighted by Gasteiger charge is -2.13. The Morgan fingerprint density at radius 1 is 1.45 bits per heavy atom. The van der Waals surface area contributed by atoms with Gasteiger partial charge in [0.15, 0.2) is 0 Å². The lowest BCUT2D eigenvalue weighted by Crippen LogP contribution is -2.21. The lowest BCUT2D eigenvalue weighted by atomic mass is 10.6. The number of halogens is 1. The molecular weight excluding hydrogens is 204 g/mol. The van der Waals surface area contributed by atoms with Crippen LogP contribution in [-0.4, -0.2) is 23.0 Å². The summed E-state index contributed by atoms with van der Waals surface area (Å²) in [5.41, 5.74) is 0. The Labute approximate surface area is 78.6 Å². The minimum Gasteiger partial charge on any atom is -0.358 e. The normalized spacial score (nSPS) is 14.0. The Balaban J connectivity index is 0.000001000. The third kappa shape index (κ3) is 2.85. The van der Waals surface area contributed by atoms with E-state index in [1.165, 1.54) is 0 Å². The van der Waals surface area contributed by atoms with Crippen molar-refractivity contribution in [3.63, 3.8) is 0 Å². The predicted molar refractivity (Wildman–Crippen MR) is 52.0 cm³/mol. The molecule has 0 aliphatic carbocycles. The second-order valence-electron chi connectivity index (χ2n) is 2.18. The molecule has 1 heterocycles. The summed E-state index contributed by atoms with van der Waals surface area (Å²) in [5.74, 6) is 2.85. The van der Waals surface area contributed by atoms with Gasteiger partial charge >= 0.3 is 0 Å². The Hall–Kier alpha value is -0.620. The molecule has 0 amide bonds. The minimum atomic E-state index is 0. The Morgan fingerprint density at radius 2 is 2.18 bits per heavy atom. The molecule has 1 rings (SSSR count). The van der Waals surface area contributed by atoms with Crippen molar-refractivity contribution < 1.29 is 0 Å². The van der Waals surface area contributed by atoms with E-state index in [0.29, 0.717) is 0 Å². The Morgan fingerprint density at radius 3 is 2.64 bits per heavy atom. The summed E-state index contributed by atoms with van der Waals surface area (Å²) in [6.07, 6.45) is 4.06. The van der Waals surface area contributed by atoms with E-state index in [1.807, 2.05) is 18.0 Å². The largest absolute Gasteiger partial charge is 0.358 e. The Kier molecular flexibility index (Phi) is 4.80. The molecule has 0 aromatic heterocycles. The molecule has 11 heavy (non-hydrogen) atoms. The van der Waals surface area contributed by atoms with Gasteiger partial charge in [-0.3, -0.25) is 4.90 Å². The highest BCUT2D eigenvalue weighted by Crippen LogP contribution is 2.02. The van der Waals surface area contributed by atoms with Gasteiger partial charge < -0.3 is 4.90 Å². The van der Waals surface area contributed by atoms with Crippen LogP contribution in [0.2, 0.25) is 0 Å². The van der Waals surface area contributed by atoms with E-state index in [-0.39, 0.29) is 17.0 Å². The minimum absolute atomic E-state index is 0. The molecule has 3 heteroatoms. The zero-order valence-corrected chi connectivity index (χ0v) is 8.58. The first-order chi connectivity index (χ1) is 4.86. The van der Waals surface area contributed by atoms with Gasteiger partial charge in [-0.05, 0) is 13.8 Å². The van der Waals surface area contributed by atoms with Crippen LogP contribution in [0.5, 0.6) is 0 Å². The highest BCUT2D eigenvalue weighted by molar-refractivity contribution is 8.93. The fourth-order valence-electron chi connectivity index (χ4n) is 0.886. The summed E-state index contributed by atoms with van der Waals surface area (Å²) in [6.45, 7) is 5.95. The number of hydrogen-bond donors (Lipinski definition) is 0. The zero-order chi connectivity index (χ0) is 7.40. The first-order valence-corrected chi connectivity index (χ1v) is 3.48. The van der Waals surface area contributed by atoms with E-state index in [2.05, 4.69) is 30.0 Å². The Bertz CT molecular complexity index is 190. The van der Waals surface area contributed by atoms with Crippen LogP contribution in [0.1, 0.15) is 13.8 Å². The third-order valence-corrected chi connectivity index (χ3v) is 1.45. The van der Waals surface area contributed by atoms with Gasteiger partial charge in [0.05, 0.1) is 0 Å². The van der Waals surface area contributed by atoms with Gasteiger partial charge in [0.1, 0.15) is 6.67 Å². The van der Waals surface area contributed by atoms with Gasteiger partial charge in [-0.2, -0.15) is 0 Å². The summed E-state index contributed by atoms with van der Waals surface area (Å²) < 4.78 is 0. The quantitative estimate of drug-likeness (QED) is 0.615. The predicted octanol–water partition coefficient (Wildman–Crippen LogP) is 1.61. The maximum atomic E-state index is 2.96. The maximum absolute atomic E-state index is 2.96. The first-order valence-electron chi connectivity index (χ1n) is 3.48. The molecular formula is C8H13BrN2. The molecule has 0 saturated heterocycles. The lowest BCUT2D eigenvalue weighted by molar-refractivity contribution is 0.337. The fraction of sp³-hybridized carbons (Fsp3) is 0.500. The average molecular weight is 217 g/mol. The third-order valence-electron chi connectivity index (χ3n) is 1.45. The second kappa shape index (κ2) is 5.09. The van der Waals surface area contributed by atoms with Gasteiger partial charge in [-0.15, -0.1) is 17.0 Å². The molecule has 2 nitrogen and oxygen atoms in total. The molecule has 0 spiro atoms. The van der Waals surface area contributed by atoms with E-state index in [0.717, 1.165) is 13.2 Å². The van der Waals surface area contributed by atoms with Crippen LogP contribution in [0.3, 0.4) is 0 Å². The molecule has 0 fully saturated rings. The van der Waals surface area contributed by atoms with Gasteiger partial charge in [0.2, 0.25) is 0 Å². The molecule has 0 bridgehead atoms. The van der Waals surface area contributed by atoms with Gasteiger partial charge in [-0.25, -0.2) is 0 Å². The van der Waals surface area contributed by atoms with Crippen molar-refractivity contribution in [3.8, 4) is 12.0 Å². The molecule has 0 N–H and O–H groups in total. The van der Waals surface area contributed by atoms with Crippen LogP contribution in [0, 0.1) is 12.0 Å². The molecule has 0 saturated carbocycles. The fourth-order valence-corrected chi connectivity index (χ4v) is 0.886. The van der Waals surface area contributed by atoms with E-state index in [9.17, 15) is 0 Å². The molecule has 1 aliphatic rings. The molecule has 0 atom stereocenters.